The highest BCUT2D eigenvalue weighted by atomic mass is 35.5. The Morgan fingerprint density at radius 1 is 1.17 bits per heavy atom. The summed E-state index contributed by atoms with van der Waals surface area (Å²) in [5, 5.41) is 4.36. The van der Waals surface area contributed by atoms with Crippen LogP contribution in [0.2, 0.25) is 5.02 Å². The van der Waals surface area contributed by atoms with Crippen LogP contribution in [0.4, 0.5) is 5.69 Å². The molecule has 1 atom stereocenters. The van der Waals surface area contributed by atoms with Gasteiger partial charge in [-0.1, -0.05) is 56.7 Å². The molecule has 0 heterocycles. The van der Waals surface area contributed by atoms with Gasteiger partial charge in [0.2, 0.25) is 0 Å². The highest BCUT2D eigenvalue weighted by molar-refractivity contribution is 6.31. The normalized spacial score (nSPS) is 12.4. The molecule has 102 valence electrons. The third-order valence-electron chi connectivity index (χ3n) is 3.33. The molecule has 0 amide bonds. The minimum atomic E-state index is 0.519. The number of hydrogen-bond donors (Lipinski definition) is 1. The first-order valence-electron chi connectivity index (χ1n) is 7.16. The molecule has 0 aliphatic rings. The lowest BCUT2D eigenvalue weighted by atomic mass is 10.1. The zero-order valence-corrected chi connectivity index (χ0v) is 12.7. The van der Waals surface area contributed by atoms with E-state index in [1.54, 1.807) is 0 Å². The van der Waals surface area contributed by atoms with Crippen LogP contribution in [0, 0.1) is 6.92 Å². The van der Waals surface area contributed by atoms with Crippen LogP contribution in [0.1, 0.15) is 57.9 Å². The van der Waals surface area contributed by atoms with E-state index in [2.05, 4.69) is 31.3 Å². The maximum absolute atomic E-state index is 6.12. The number of aryl methyl sites for hydroxylation is 1. The van der Waals surface area contributed by atoms with Crippen molar-refractivity contribution in [2.24, 2.45) is 0 Å². The molecule has 1 rings (SSSR count). The number of anilines is 1. The highest BCUT2D eigenvalue weighted by Gasteiger charge is 2.03. The van der Waals surface area contributed by atoms with E-state index in [9.17, 15) is 0 Å². The first kappa shape index (κ1) is 15.4. The number of unbranched alkanes of at least 4 members (excludes halogenated alkanes) is 4. The summed E-state index contributed by atoms with van der Waals surface area (Å²) in [5.41, 5.74) is 2.26. The molecule has 1 aromatic carbocycles. The fraction of sp³-hybridized carbons (Fsp3) is 0.625. The van der Waals surface area contributed by atoms with Gasteiger partial charge in [-0.15, -0.1) is 0 Å². The smallest absolute Gasteiger partial charge is 0.0455 e. The highest BCUT2D eigenvalue weighted by Crippen LogP contribution is 2.21. The van der Waals surface area contributed by atoms with E-state index in [-0.39, 0.29) is 0 Å². The number of rotatable bonds is 8. The molecule has 2 heteroatoms. The molecule has 0 fully saturated rings. The second-order valence-corrected chi connectivity index (χ2v) is 5.62. The Kier molecular flexibility index (Phi) is 7.19. The molecule has 0 bridgehead atoms. The average Bonchev–Trinajstić information content (AvgIpc) is 2.34. The van der Waals surface area contributed by atoms with Crippen LogP contribution in [0.3, 0.4) is 0 Å². The van der Waals surface area contributed by atoms with Crippen molar-refractivity contribution in [1.82, 2.24) is 0 Å². The second kappa shape index (κ2) is 8.42. The maximum atomic E-state index is 6.12. The van der Waals surface area contributed by atoms with Crippen molar-refractivity contribution < 1.29 is 0 Å². The van der Waals surface area contributed by atoms with Crippen molar-refractivity contribution >= 4 is 17.3 Å². The summed E-state index contributed by atoms with van der Waals surface area (Å²) >= 11 is 6.12. The summed E-state index contributed by atoms with van der Waals surface area (Å²) < 4.78 is 0. The first-order valence-corrected chi connectivity index (χ1v) is 7.54. The summed E-state index contributed by atoms with van der Waals surface area (Å²) in [6.07, 6.45) is 7.96. The van der Waals surface area contributed by atoms with Gasteiger partial charge >= 0.3 is 0 Å². The molecule has 1 aromatic rings. The molecule has 0 spiro atoms. The van der Waals surface area contributed by atoms with E-state index in [4.69, 9.17) is 11.6 Å². The SMILES string of the molecule is CCCCCCCC(C)Nc1ccc(C)c(Cl)c1. The Labute approximate surface area is 117 Å². The number of nitrogens with one attached hydrogen (secondary N) is 1. The van der Waals surface area contributed by atoms with Gasteiger partial charge in [-0.3, -0.25) is 0 Å². The Morgan fingerprint density at radius 3 is 2.56 bits per heavy atom. The average molecular weight is 268 g/mol. The molecular weight excluding hydrogens is 242 g/mol. The van der Waals surface area contributed by atoms with Crippen LogP contribution < -0.4 is 5.32 Å². The van der Waals surface area contributed by atoms with Crippen LogP contribution in [-0.4, -0.2) is 6.04 Å². The van der Waals surface area contributed by atoms with E-state index in [1.165, 1.54) is 38.5 Å². The zero-order chi connectivity index (χ0) is 13.4. The van der Waals surface area contributed by atoms with E-state index in [1.807, 2.05) is 13.0 Å². The fourth-order valence-electron chi connectivity index (χ4n) is 2.09. The minimum absolute atomic E-state index is 0.519. The van der Waals surface area contributed by atoms with Crippen molar-refractivity contribution in [2.45, 2.75) is 65.3 Å². The largest absolute Gasteiger partial charge is 0.383 e. The standard InChI is InChI=1S/C16H26ClN/c1-4-5-6-7-8-9-14(3)18-15-11-10-13(2)16(17)12-15/h10-12,14,18H,4-9H2,1-3H3. The van der Waals surface area contributed by atoms with E-state index < -0.39 is 0 Å². The maximum Gasteiger partial charge on any atom is 0.0455 e. The lowest BCUT2D eigenvalue weighted by Gasteiger charge is -2.15. The molecule has 1 unspecified atom stereocenters. The lowest BCUT2D eigenvalue weighted by Crippen LogP contribution is -2.14. The predicted molar refractivity (Wildman–Crippen MR) is 82.6 cm³/mol. The summed E-state index contributed by atoms with van der Waals surface area (Å²) in [6.45, 7) is 6.53. The number of benzene rings is 1. The molecule has 0 aliphatic heterocycles. The predicted octanol–water partition coefficient (Wildman–Crippen LogP) is 5.81. The molecule has 0 saturated carbocycles. The van der Waals surface area contributed by atoms with Crippen LogP contribution in [0.25, 0.3) is 0 Å². The topological polar surface area (TPSA) is 12.0 Å². The summed E-state index contributed by atoms with van der Waals surface area (Å²) in [4.78, 5) is 0. The summed E-state index contributed by atoms with van der Waals surface area (Å²) in [7, 11) is 0. The molecule has 0 aliphatic carbocycles. The minimum Gasteiger partial charge on any atom is -0.383 e. The van der Waals surface area contributed by atoms with Gasteiger partial charge < -0.3 is 5.32 Å². The van der Waals surface area contributed by atoms with Gasteiger partial charge in [0.25, 0.3) is 0 Å². The van der Waals surface area contributed by atoms with E-state index in [0.29, 0.717) is 6.04 Å². The molecule has 0 aromatic heterocycles. The van der Waals surface area contributed by atoms with Crippen LogP contribution in [0.5, 0.6) is 0 Å². The Bertz CT molecular complexity index is 349. The fourth-order valence-corrected chi connectivity index (χ4v) is 2.27. The number of halogens is 1. The van der Waals surface area contributed by atoms with Crippen LogP contribution >= 0.6 is 11.6 Å². The van der Waals surface area contributed by atoms with Gasteiger partial charge in [0, 0.05) is 16.8 Å². The molecule has 1 N–H and O–H groups in total. The monoisotopic (exact) mass is 267 g/mol. The van der Waals surface area contributed by atoms with Crippen molar-refractivity contribution in [3.05, 3.63) is 28.8 Å². The van der Waals surface area contributed by atoms with E-state index >= 15 is 0 Å². The molecular formula is C16H26ClN. The van der Waals surface area contributed by atoms with E-state index in [0.717, 1.165) is 16.3 Å². The summed E-state index contributed by atoms with van der Waals surface area (Å²) in [5.74, 6) is 0. The quantitative estimate of drug-likeness (QED) is 0.586. The van der Waals surface area contributed by atoms with Gasteiger partial charge in [0.05, 0.1) is 0 Å². The lowest BCUT2D eigenvalue weighted by molar-refractivity contribution is 0.578. The van der Waals surface area contributed by atoms with Crippen LogP contribution in [-0.2, 0) is 0 Å². The number of hydrogen-bond acceptors (Lipinski definition) is 1. The van der Waals surface area contributed by atoms with Crippen LogP contribution in [0.15, 0.2) is 18.2 Å². The Balaban J connectivity index is 2.26. The third-order valence-corrected chi connectivity index (χ3v) is 3.73. The molecule has 0 radical (unpaired) electrons. The van der Waals surface area contributed by atoms with Crippen molar-refractivity contribution in [3.63, 3.8) is 0 Å². The van der Waals surface area contributed by atoms with Gasteiger partial charge in [-0.2, -0.15) is 0 Å². The first-order chi connectivity index (χ1) is 8.63. The van der Waals surface area contributed by atoms with Gasteiger partial charge in [-0.05, 0) is 38.0 Å². The summed E-state index contributed by atoms with van der Waals surface area (Å²) in [6, 6.07) is 6.71. The zero-order valence-electron chi connectivity index (χ0n) is 11.9. The van der Waals surface area contributed by atoms with Gasteiger partial charge in [-0.25, -0.2) is 0 Å². The Morgan fingerprint density at radius 2 is 1.89 bits per heavy atom. The molecule has 0 saturated heterocycles. The van der Waals surface area contributed by atoms with Crippen molar-refractivity contribution in [3.8, 4) is 0 Å². The van der Waals surface area contributed by atoms with Gasteiger partial charge in [0.1, 0.15) is 0 Å². The van der Waals surface area contributed by atoms with Crippen molar-refractivity contribution in [2.75, 3.05) is 5.32 Å². The second-order valence-electron chi connectivity index (χ2n) is 5.21. The van der Waals surface area contributed by atoms with Crippen molar-refractivity contribution in [1.29, 1.82) is 0 Å². The Hall–Kier alpha value is -0.690. The molecule has 1 nitrogen and oxygen atoms in total. The van der Waals surface area contributed by atoms with Gasteiger partial charge in [0.15, 0.2) is 0 Å². The third kappa shape index (κ3) is 5.77. The molecule has 18 heavy (non-hydrogen) atoms.